The standard InChI is InChI=1S/C15H22ClN3O2/c1-11-4-5-13(18-17-11)21-12-6-8-19(9-7-12)14(20)15(2,3)10-16/h4-5,12H,6-10H2,1-3H3. The van der Waals surface area contributed by atoms with E-state index in [1.807, 2.05) is 37.8 Å². The second-order valence-electron chi connectivity index (χ2n) is 6.14. The van der Waals surface area contributed by atoms with Crippen LogP contribution in [-0.2, 0) is 4.79 Å². The lowest BCUT2D eigenvalue weighted by Crippen LogP contribution is -2.47. The zero-order valence-electron chi connectivity index (χ0n) is 12.8. The Bertz CT molecular complexity index is 482. The number of halogens is 1. The highest BCUT2D eigenvalue weighted by Gasteiger charge is 2.33. The average Bonchev–Trinajstić information content (AvgIpc) is 2.49. The lowest BCUT2D eigenvalue weighted by molar-refractivity contribution is -0.141. The number of likely N-dealkylation sites (tertiary alicyclic amines) is 1. The van der Waals surface area contributed by atoms with Gasteiger partial charge < -0.3 is 9.64 Å². The SMILES string of the molecule is Cc1ccc(OC2CCN(C(=O)C(C)(C)CCl)CC2)nn1. The topological polar surface area (TPSA) is 55.3 Å². The molecule has 116 valence electrons. The minimum atomic E-state index is -0.502. The second kappa shape index (κ2) is 6.60. The minimum absolute atomic E-state index is 0.0881. The normalized spacial score (nSPS) is 16.9. The minimum Gasteiger partial charge on any atom is -0.473 e. The first kappa shape index (κ1) is 16.0. The second-order valence-corrected chi connectivity index (χ2v) is 6.41. The van der Waals surface area contributed by atoms with Gasteiger partial charge in [-0.15, -0.1) is 16.7 Å². The maximum Gasteiger partial charge on any atom is 0.233 e. The van der Waals surface area contributed by atoms with Crippen LogP contribution < -0.4 is 4.74 Å². The molecule has 1 aromatic rings. The van der Waals surface area contributed by atoms with Crippen LogP contribution in [0.25, 0.3) is 0 Å². The van der Waals surface area contributed by atoms with Crippen molar-refractivity contribution in [3.8, 4) is 5.88 Å². The smallest absolute Gasteiger partial charge is 0.233 e. The van der Waals surface area contributed by atoms with E-state index in [4.69, 9.17) is 16.3 Å². The molecule has 1 fully saturated rings. The fourth-order valence-electron chi connectivity index (χ4n) is 2.28. The number of ether oxygens (including phenoxy) is 1. The number of hydrogen-bond donors (Lipinski definition) is 0. The molecule has 0 aliphatic carbocycles. The highest BCUT2D eigenvalue weighted by molar-refractivity contribution is 6.19. The Morgan fingerprint density at radius 3 is 2.57 bits per heavy atom. The molecular formula is C15H22ClN3O2. The monoisotopic (exact) mass is 311 g/mol. The summed E-state index contributed by atoms with van der Waals surface area (Å²) < 4.78 is 5.81. The Morgan fingerprint density at radius 1 is 1.38 bits per heavy atom. The van der Waals surface area contributed by atoms with E-state index in [0.29, 0.717) is 24.8 Å². The first-order chi connectivity index (χ1) is 9.92. The molecule has 5 nitrogen and oxygen atoms in total. The predicted octanol–water partition coefficient (Wildman–Crippen LogP) is 2.42. The third-order valence-corrected chi connectivity index (χ3v) is 4.37. The molecule has 2 heterocycles. The van der Waals surface area contributed by atoms with Crippen LogP contribution in [0.2, 0.25) is 0 Å². The van der Waals surface area contributed by atoms with Gasteiger partial charge in [0.2, 0.25) is 11.8 Å². The fourth-order valence-corrected chi connectivity index (χ4v) is 2.40. The summed E-state index contributed by atoms with van der Waals surface area (Å²) in [6, 6.07) is 3.71. The Kier molecular flexibility index (Phi) is 5.04. The van der Waals surface area contributed by atoms with Crippen molar-refractivity contribution in [1.82, 2.24) is 15.1 Å². The maximum absolute atomic E-state index is 12.3. The van der Waals surface area contributed by atoms with Crippen LogP contribution in [0, 0.1) is 12.3 Å². The molecule has 1 aliphatic heterocycles. The first-order valence-electron chi connectivity index (χ1n) is 7.25. The Hall–Kier alpha value is -1.36. The summed E-state index contributed by atoms with van der Waals surface area (Å²) in [5.74, 6) is 0.999. The van der Waals surface area contributed by atoms with Gasteiger partial charge in [-0.05, 0) is 26.8 Å². The van der Waals surface area contributed by atoms with E-state index in [1.54, 1.807) is 0 Å². The summed E-state index contributed by atoms with van der Waals surface area (Å²) in [7, 11) is 0. The van der Waals surface area contributed by atoms with E-state index in [-0.39, 0.29) is 12.0 Å². The molecule has 2 rings (SSSR count). The molecule has 1 saturated heterocycles. The summed E-state index contributed by atoms with van der Waals surface area (Å²) in [6.45, 7) is 7.05. The molecule has 0 saturated carbocycles. The van der Waals surface area contributed by atoms with Gasteiger partial charge in [-0.2, -0.15) is 5.10 Å². The number of amides is 1. The fraction of sp³-hybridized carbons (Fsp3) is 0.667. The van der Waals surface area contributed by atoms with Gasteiger partial charge in [0.05, 0.1) is 11.1 Å². The zero-order valence-corrected chi connectivity index (χ0v) is 13.6. The third-order valence-electron chi connectivity index (χ3n) is 3.70. The number of hydrogen-bond acceptors (Lipinski definition) is 4. The number of piperidine rings is 1. The van der Waals surface area contributed by atoms with E-state index in [2.05, 4.69) is 10.2 Å². The number of rotatable bonds is 4. The van der Waals surface area contributed by atoms with Crippen molar-refractivity contribution >= 4 is 17.5 Å². The molecule has 6 heteroatoms. The van der Waals surface area contributed by atoms with E-state index in [9.17, 15) is 4.79 Å². The van der Waals surface area contributed by atoms with Crippen LogP contribution in [0.4, 0.5) is 0 Å². The molecule has 0 radical (unpaired) electrons. The van der Waals surface area contributed by atoms with Gasteiger partial charge in [-0.25, -0.2) is 0 Å². The van der Waals surface area contributed by atoms with Gasteiger partial charge in [0.15, 0.2) is 0 Å². The van der Waals surface area contributed by atoms with E-state index >= 15 is 0 Å². The van der Waals surface area contributed by atoms with Crippen molar-refractivity contribution in [3.63, 3.8) is 0 Å². The molecule has 0 aromatic carbocycles. The number of aromatic nitrogens is 2. The highest BCUT2D eigenvalue weighted by atomic mass is 35.5. The van der Waals surface area contributed by atoms with Gasteiger partial charge in [-0.1, -0.05) is 0 Å². The van der Waals surface area contributed by atoms with Crippen molar-refractivity contribution in [2.75, 3.05) is 19.0 Å². The summed E-state index contributed by atoms with van der Waals surface area (Å²) in [4.78, 5) is 14.2. The number of nitrogens with zero attached hydrogens (tertiary/aromatic N) is 3. The van der Waals surface area contributed by atoms with E-state index < -0.39 is 5.41 Å². The number of carbonyl (C=O) groups is 1. The van der Waals surface area contributed by atoms with Crippen LogP contribution in [0.1, 0.15) is 32.4 Å². The van der Waals surface area contributed by atoms with Gasteiger partial charge >= 0.3 is 0 Å². The lowest BCUT2D eigenvalue weighted by atomic mass is 9.93. The molecule has 0 N–H and O–H groups in total. The van der Waals surface area contributed by atoms with Crippen molar-refractivity contribution in [2.24, 2.45) is 5.41 Å². The summed E-state index contributed by atoms with van der Waals surface area (Å²) in [5, 5.41) is 7.99. The maximum atomic E-state index is 12.3. The van der Waals surface area contributed by atoms with Gasteiger partial charge in [0.1, 0.15) is 6.10 Å². The average molecular weight is 312 g/mol. The largest absolute Gasteiger partial charge is 0.473 e. The number of alkyl halides is 1. The van der Waals surface area contributed by atoms with Gasteiger partial charge in [0, 0.05) is 37.9 Å². The van der Waals surface area contributed by atoms with Crippen LogP contribution in [0.15, 0.2) is 12.1 Å². The summed E-state index contributed by atoms with van der Waals surface area (Å²) in [5.41, 5.74) is 0.364. The van der Waals surface area contributed by atoms with Crippen molar-refractivity contribution < 1.29 is 9.53 Å². The van der Waals surface area contributed by atoms with Crippen molar-refractivity contribution in [2.45, 2.75) is 39.7 Å². The van der Waals surface area contributed by atoms with Crippen LogP contribution in [0.3, 0.4) is 0 Å². The van der Waals surface area contributed by atoms with Crippen molar-refractivity contribution in [3.05, 3.63) is 17.8 Å². The predicted molar refractivity (Wildman–Crippen MR) is 81.5 cm³/mol. The first-order valence-corrected chi connectivity index (χ1v) is 7.78. The highest BCUT2D eigenvalue weighted by Crippen LogP contribution is 2.24. The van der Waals surface area contributed by atoms with Crippen molar-refractivity contribution in [1.29, 1.82) is 0 Å². The van der Waals surface area contributed by atoms with Crippen LogP contribution >= 0.6 is 11.6 Å². The quantitative estimate of drug-likeness (QED) is 0.801. The Morgan fingerprint density at radius 2 is 2.05 bits per heavy atom. The molecule has 1 amide bonds. The van der Waals surface area contributed by atoms with Crippen LogP contribution in [0.5, 0.6) is 5.88 Å². The summed E-state index contributed by atoms with van der Waals surface area (Å²) >= 11 is 5.87. The van der Waals surface area contributed by atoms with Crippen LogP contribution in [-0.4, -0.2) is 46.1 Å². The molecule has 0 atom stereocenters. The van der Waals surface area contributed by atoms with E-state index in [1.165, 1.54) is 0 Å². The van der Waals surface area contributed by atoms with Gasteiger partial charge in [-0.3, -0.25) is 4.79 Å². The third kappa shape index (κ3) is 4.06. The molecule has 0 bridgehead atoms. The zero-order chi connectivity index (χ0) is 15.5. The molecule has 0 unspecified atom stereocenters. The Labute approximate surface area is 130 Å². The lowest BCUT2D eigenvalue weighted by Gasteiger charge is -2.36. The van der Waals surface area contributed by atoms with Gasteiger partial charge in [0.25, 0.3) is 0 Å². The molecule has 1 aliphatic rings. The summed E-state index contributed by atoms with van der Waals surface area (Å²) in [6.07, 6.45) is 1.70. The molecule has 21 heavy (non-hydrogen) atoms. The number of carbonyl (C=O) groups excluding carboxylic acids is 1. The molecular weight excluding hydrogens is 290 g/mol. The Balaban J connectivity index is 1.86. The van der Waals surface area contributed by atoms with E-state index in [0.717, 1.165) is 18.5 Å². The molecule has 0 spiro atoms. The number of aryl methyl sites for hydroxylation is 1. The molecule has 1 aromatic heterocycles.